The minimum absolute atomic E-state index is 0.0957. The number of ether oxygens (including phenoxy) is 1. The number of hydrogen-bond donors (Lipinski definition) is 1. The smallest absolute Gasteiger partial charge is 0.406 e. The number of likely N-dealkylation sites (tertiary alicyclic amines) is 1. The number of benzene rings is 1. The van der Waals surface area contributed by atoms with Gasteiger partial charge in [-0.1, -0.05) is 13.0 Å². The molecular weight excluding hydrogens is 337 g/mol. The van der Waals surface area contributed by atoms with Crippen LogP contribution in [-0.4, -0.2) is 36.2 Å². The van der Waals surface area contributed by atoms with Crippen molar-refractivity contribution in [2.24, 2.45) is 5.92 Å². The van der Waals surface area contributed by atoms with E-state index >= 15 is 0 Å². The lowest BCUT2D eigenvalue weighted by atomic mass is 9.95. The van der Waals surface area contributed by atoms with Gasteiger partial charge in [0.2, 0.25) is 11.8 Å². The van der Waals surface area contributed by atoms with Crippen molar-refractivity contribution in [3.8, 4) is 5.75 Å². The Morgan fingerprint density at radius 1 is 1.28 bits per heavy atom. The number of alkyl halides is 3. The average Bonchev–Trinajstić information content (AvgIpc) is 2.54. The Bertz CT molecular complexity index is 611. The minimum Gasteiger partial charge on any atom is -0.406 e. The monoisotopic (exact) mass is 358 g/mol. The van der Waals surface area contributed by atoms with Gasteiger partial charge in [0, 0.05) is 37.2 Å². The Morgan fingerprint density at radius 3 is 2.56 bits per heavy atom. The van der Waals surface area contributed by atoms with Crippen molar-refractivity contribution in [1.29, 1.82) is 0 Å². The summed E-state index contributed by atoms with van der Waals surface area (Å²) in [5.41, 5.74) is 0.247. The fraction of sp³-hybridized carbons (Fsp3) is 0.529. The quantitative estimate of drug-likeness (QED) is 0.876. The summed E-state index contributed by atoms with van der Waals surface area (Å²) in [5.74, 6) is -0.812. The van der Waals surface area contributed by atoms with Crippen LogP contribution in [0, 0.1) is 5.92 Å². The van der Waals surface area contributed by atoms with Crippen LogP contribution < -0.4 is 10.1 Å². The second-order valence-corrected chi connectivity index (χ2v) is 5.97. The highest BCUT2D eigenvalue weighted by atomic mass is 19.4. The Morgan fingerprint density at radius 2 is 1.96 bits per heavy atom. The van der Waals surface area contributed by atoms with Gasteiger partial charge in [-0.3, -0.25) is 9.59 Å². The Balaban J connectivity index is 1.89. The number of nitrogens with zero attached hydrogens (tertiary/aromatic N) is 1. The summed E-state index contributed by atoms with van der Waals surface area (Å²) in [6.45, 7) is 2.98. The molecule has 1 N–H and O–H groups in total. The number of rotatable bonds is 5. The fourth-order valence-electron chi connectivity index (χ4n) is 2.78. The van der Waals surface area contributed by atoms with E-state index in [2.05, 4.69) is 10.1 Å². The molecule has 1 aromatic rings. The molecule has 0 radical (unpaired) electrons. The molecule has 0 unspecified atom stereocenters. The first-order valence-electron chi connectivity index (χ1n) is 8.23. The summed E-state index contributed by atoms with van der Waals surface area (Å²) in [6.07, 6.45) is -2.40. The fourth-order valence-corrected chi connectivity index (χ4v) is 2.78. The van der Waals surface area contributed by atoms with E-state index in [4.69, 9.17) is 0 Å². The summed E-state index contributed by atoms with van der Waals surface area (Å²) in [4.78, 5) is 25.9. The van der Waals surface area contributed by atoms with E-state index in [9.17, 15) is 22.8 Å². The number of halogens is 3. The van der Waals surface area contributed by atoms with Crippen LogP contribution in [0.1, 0.15) is 32.6 Å². The molecule has 1 aromatic carbocycles. The van der Waals surface area contributed by atoms with E-state index in [0.717, 1.165) is 12.5 Å². The molecule has 1 fully saturated rings. The first kappa shape index (κ1) is 19.1. The second kappa shape index (κ2) is 8.22. The van der Waals surface area contributed by atoms with Crippen molar-refractivity contribution in [1.82, 2.24) is 4.90 Å². The first-order chi connectivity index (χ1) is 11.8. The molecule has 0 saturated carbocycles. The van der Waals surface area contributed by atoms with Crippen LogP contribution in [0.2, 0.25) is 0 Å². The molecule has 0 bridgehead atoms. The molecule has 1 heterocycles. The van der Waals surface area contributed by atoms with Gasteiger partial charge in [0.15, 0.2) is 0 Å². The topological polar surface area (TPSA) is 58.6 Å². The van der Waals surface area contributed by atoms with Crippen molar-refractivity contribution >= 4 is 17.5 Å². The molecule has 0 aromatic heterocycles. The maximum atomic E-state index is 12.3. The zero-order valence-electron chi connectivity index (χ0n) is 13.9. The summed E-state index contributed by atoms with van der Waals surface area (Å²) in [6, 6.07) is 5.18. The third-order valence-corrected chi connectivity index (χ3v) is 4.02. The normalized spacial score (nSPS) is 15.8. The lowest BCUT2D eigenvalue weighted by molar-refractivity contribution is -0.274. The predicted molar refractivity (Wildman–Crippen MR) is 86.0 cm³/mol. The molecule has 1 aliphatic rings. The van der Waals surface area contributed by atoms with Gasteiger partial charge in [-0.25, -0.2) is 0 Å². The summed E-state index contributed by atoms with van der Waals surface area (Å²) < 4.78 is 40.6. The maximum absolute atomic E-state index is 12.3. The van der Waals surface area contributed by atoms with Gasteiger partial charge in [0.1, 0.15) is 5.75 Å². The van der Waals surface area contributed by atoms with Gasteiger partial charge >= 0.3 is 6.36 Å². The number of carbonyl (C=O) groups excluding carboxylic acids is 2. The molecule has 5 nitrogen and oxygen atoms in total. The van der Waals surface area contributed by atoms with Crippen molar-refractivity contribution in [2.75, 3.05) is 18.4 Å². The van der Waals surface area contributed by atoms with Gasteiger partial charge in [0.25, 0.3) is 0 Å². The van der Waals surface area contributed by atoms with Gasteiger partial charge in [-0.15, -0.1) is 13.2 Å². The molecule has 0 atom stereocenters. The van der Waals surface area contributed by atoms with Crippen LogP contribution in [-0.2, 0) is 9.59 Å². The van der Waals surface area contributed by atoms with Crippen LogP contribution in [0.3, 0.4) is 0 Å². The average molecular weight is 358 g/mol. The van der Waals surface area contributed by atoms with Crippen molar-refractivity contribution in [3.63, 3.8) is 0 Å². The standard InChI is InChI=1S/C17H21F3N2O3/c1-2-4-15(23)22-9-7-12(8-10-22)16(24)21-13-5-3-6-14(11-13)25-17(18,19)20/h3,5-6,11-12H,2,4,7-10H2,1H3,(H,21,24). The molecule has 0 aliphatic carbocycles. The van der Waals surface area contributed by atoms with E-state index in [-0.39, 0.29) is 29.2 Å². The number of carbonyl (C=O) groups is 2. The number of amides is 2. The number of nitrogens with one attached hydrogen (secondary N) is 1. The first-order valence-corrected chi connectivity index (χ1v) is 8.23. The van der Waals surface area contributed by atoms with Crippen molar-refractivity contribution in [3.05, 3.63) is 24.3 Å². The van der Waals surface area contributed by atoms with E-state index in [1.807, 2.05) is 6.92 Å². The second-order valence-electron chi connectivity index (χ2n) is 5.97. The van der Waals surface area contributed by atoms with Gasteiger partial charge < -0.3 is 15.0 Å². The van der Waals surface area contributed by atoms with Crippen molar-refractivity contribution in [2.45, 2.75) is 39.0 Å². The highest BCUT2D eigenvalue weighted by molar-refractivity contribution is 5.93. The van der Waals surface area contributed by atoms with Crippen LogP contribution >= 0.6 is 0 Å². The summed E-state index contributed by atoms with van der Waals surface area (Å²) in [7, 11) is 0. The van der Waals surface area contributed by atoms with Gasteiger partial charge in [0.05, 0.1) is 0 Å². The Kier molecular flexibility index (Phi) is 6.27. The summed E-state index contributed by atoms with van der Waals surface area (Å²) in [5, 5.41) is 2.62. The zero-order chi connectivity index (χ0) is 18.4. The number of anilines is 1. The molecule has 25 heavy (non-hydrogen) atoms. The van der Waals surface area contributed by atoms with E-state index in [0.29, 0.717) is 32.4 Å². The molecule has 1 saturated heterocycles. The van der Waals surface area contributed by atoms with Crippen molar-refractivity contribution < 1.29 is 27.5 Å². The lowest BCUT2D eigenvalue weighted by Crippen LogP contribution is -2.41. The van der Waals surface area contributed by atoms with Gasteiger partial charge in [-0.05, 0) is 31.4 Å². The van der Waals surface area contributed by atoms with Crippen LogP contribution in [0.25, 0.3) is 0 Å². The van der Waals surface area contributed by atoms with Gasteiger partial charge in [-0.2, -0.15) is 0 Å². The van der Waals surface area contributed by atoms with E-state index in [1.165, 1.54) is 18.2 Å². The molecule has 138 valence electrons. The lowest BCUT2D eigenvalue weighted by Gasteiger charge is -2.31. The third kappa shape index (κ3) is 5.95. The van der Waals surface area contributed by atoms with Crippen LogP contribution in [0.5, 0.6) is 5.75 Å². The number of hydrogen-bond acceptors (Lipinski definition) is 3. The SMILES string of the molecule is CCCC(=O)N1CCC(C(=O)Nc2cccc(OC(F)(F)F)c2)CC1. The van der Waals surface area contributed by atoms with E-state index in [1.54, 1.807) is 4.90 Å². The Hall–Kier alpha value is -2.25. The Labute approximate surface area is 144 Å². The molecule has 1 aliphatic heterocycles. The number of piperidine rings is 1. The van der Waals surface area contributed by atoms with Crippen LogP contribution in [0.4, 0.5) is 18.9 Å². The largest absolute Gasteiger partial charge is 0.573 e. The highest BCUT2D eigenvalue weighted by Crippen LogP contribution is 2.26. The maximum Gasteiger partial charge on any atom is 0.573 e. The predicted octanol–water partition coefficient (Wildman–Crippen LogP) is 3.56. The molecule has 0 spiro atoms. The molecule has 2 amide bonds. The van der Waals surface area contributed by atoms with E-state index < -0.39 is 6.36 Å². The minimum atomic E-state index is -4.78. The molecular formula is C17H21F3N2O3. The van der Waals surface area contributed by atoms with Crippen LogP contribution in [0.15, 0.2) is 24.3 Å². The molecule has 2 rings (SSSR count). The third-order valence-electron chi connectivity index (χ3n) is 4.02. The molecule has 8 heteroatoms. The summed E-state index contributed by atoms with van der Waals surface area (Å²) >= 11 is 0. The zero-order valence-corrected chi connectivity index (χ0v) is 13.9. The highest BCUT2D eigenvalue weighted by Gasteiger charge is 2.31.